The van der Waals surface area contributed by atoms with Crippen LogP contribution in [0.3, 0.4) is 0 Å². The first-order chi connectivity index (χ1) is 5.93. The minimum Gasteiger partial charge on any atom is -0.374 e. The largest absolute Gasteiger partial charge is 0.374 e. The van der Waals surface area contributed by atoms with Crippen molar-refractivity contribution in [3.05, 3.63) is 0 Å². The van der Waals surface area contributed by atoms with Gasteiger partial charge in [0.25, 0.3) is 0 Å². The molecular formula is C10H20O3. The smallest absolute Gasteiger partial charge is 0.187 e. The second-order valence-corrected chi connectivity index (χ2v) is 4.09. The minimum absolute atomic E-state index is 0.0110. The Morgan fingerprint density at radius 1 is 1.38 bits per heavy atom. The first-order valence-corrected chi connectivity index (χ1v) is 4.56. The maximum atomic E-state index is 11.5. The van der Waals surface area contributed by atoms with Gasteiger partial charge in [0.1, 0.15) is 12.7 Å². The van der Waals surface area contributed by atoms with Crippen molar-refractivity contribution >= 4 is 5.78 Å². The van der Waals surface area contributed by atoms with Gasteiger partial charge in [-0.3, -0.25) is 4.79 Å². The van der Waals surface area contributed by atoms with Gasteiger partial charge in [-0.05, 0) is 12.3 Å². The number of rotatable bonds is 5. The van der Waals surface area contributed by atoms with Gasteiger partial charge in [-0.15, -0.1) is 0 Å². The molecule has 0 saturated carbocycles. The third kappa shape index (κ3) is 4.39. The number of ketones is 1. The summed E-state index contributed by atoms with van der Waals surface area (Å²) >= 11 is 0. The lowest BCUT2D eigenvalue weighted by molar-refractivity contribution is -0.139. The summed E-state index contributed by atoms with van der Waals surface area (Å²) in [6.45, 7) is 8.51. The maximum Gasteiger partial charge on any atom is 0.187 e. The molecule has 0 rings (SSSR count). The SMILES string of the molecule is CCOCC(=O)C(OC)C(C)(C)C. The Balaban J connectivity index is 4.16. The zero-order valence-electron chi connectivity index (χ0n) is 9.22. The number of hydrogen-bond donors (Lipinski definition) is 0. The van der Waals surface area contributed by atoms with Crippen LogP contribution < -0.4 is 0 Å². The first-order valence-electron chi connectivity index (χ1n) is 4.56. The van der Waals surface area contributed by atoms with Crippen molar-refractivity contribution in [2.45, 2.75) is 33.8 Å². The molecule has 0 aromatic heterocycles. The summed E-state index contributed by atoms with van der Waals surface area (Å²) in [5.74, 6) is 0.0110. The first kappa shape index (κ1) is 12.6. The maximum absolute atomic E-state index is 11.5. The van der Waals surface area contributed by atoms with Gasteiger partial charge < -0.3 is 9.47 Å². The zero-order chi connectivity index (χ0) is 10.5. The summed E-state index contributed by atoms with van der Waals surface area (Å²) < 4.78 is 10.2. The van der Waals surface area contributed by atoms with Gasteiger partial charge in [-0.25, -0.2) is 0 Å². The summed E-state index contributed by atoms with van der Waals surface area (Å²) in [6.07, 6.45) is -0.376. The molecular weight excluding hydrogens is 168 g/mol. The van der Waals surface area contributed by atoms with Gasteiger partial charge >= 0.3 is 0 Å². The van der Waals surface area contributed by atoms with E-state index in [1.165, 1.54) is 0 Å². The molecule has 3 heteroatoms. The van der Waals surface area contributed by atoms with E-state index in [9.17, 15) is 4.79 Å². The minimum atomic E-state index is -0.376. The molecule has 0 fully saturated rings. The third-order valence-electron chi connectivity index (χ3n) is 1.76. The highest BCUT2D eigenvalue weighted by molar-refractivity contribution is 5.85. The highest BCUT2D eigenvalue weighted by Crippen LogP contribution is 2.22. The van der Waals surface area contributed by atoms with Crippen molar-refractivity contribution in [3.8, 4) is 0 Å². The van der Waals surface area contributed by atoms with Crippen LogP contribution in [-0.2, 0) is 14.3 Å². The van der Waals surface area contributed by atoms with E-state index in [-0.39, 0.29) is 23.9 Å². The quantitative estimate of drug-likeness (QED) is 0.658. The molecule has 0 aliphatic carbocycles. The molecule has 0 aliphatic heterocycles. The Morgan fingerprint density at radius 3 is 2.23 bits per heavy atom. The van der Waals surface area contributed by atoms with E-state index in [0.29, 0.717) is 6.61 Å². The van der Waals surface area contributed by atoms with Crippen molar-refractivity contribution < 1.29 is 14.3 Å². The van der Waals surface area contributed by atoms with Crippen LogP contribution in [0.5, 0.6) is 0 Å². The lowest BCUT2D eigenvalue weighted by Crippen LogP contribution is -2.38. The fraction of sp³-hybridized carbons (Fsp3) is 0.900. The van der Waals surface area contributed by atoms with Gasteiger partial charge in [0, 0.05) is 13.7 Å². The number of ether oxygens (including phenoxy) is 2. The highest BCUT2D eigenvalue weighted by Gasteiger charge is 2.30. The number of carbonyl (C=O) groups is 1. The Kier molecular flexibility index (Phi) is 5.18. The molecule has 0 saturated heterocycles. The van der Waals surface area contributed by atoms with Crippen LogP contribution in [0.2, 0.25) is 0 Å². The molecule has 0 bridgehead atoms. The van der Waals surface area contributed by atoms with Crippen LogP contribution in [0.1, 0.15) is 27.7 Å². The molecule has 0 aromatic carbocycles. The predicted octanol–water partition coefficient (Wildman–Crippen LogP) is 1.65. The van der Waals surface area contributed by atoms with Gasteiger partial charge in [0.2, 0.25) is 0 Å². The summed E-state index contributed by atoms with van der Waals surface area (Å²) in [6, 6.07) is 0. The lowest BCUT2D eigenvalue weighted by Gasteiger charge is -2.27. The molecule has 13 heavy (non-hydrogen) atoms. The van der Waals surface area contributed by atoms with Crippen molar-refractivity contribution in [2.24, 2.45) is 5.41 Å². The average Bonchev–Trinajstić information content (AvgIpc) is 1.99. The van der Waals surface area contributed by atoms with Crippen molar-refractivity contribution in [3.63, 3.8) is 0 Å². The Bertz CT molecular complexity index is 158. The predicted molar refractivity (Wildman–Crippen MR) is 51.8 cm³/mol. The zero-order valence-corrected chi connectivity index (χ0v) is 9.22. The van der Waals surface area contributed by atoms with Crippen LogP contribution in [0.25, 0.3) is 0 Å². The molecule has 1 atom stereocenters. The van der Waals surface area contributed by atoms with Crippen molar-refractivity contribution in [1.29, 1.82) is 0 Å². The van der Waals surface area contributed by atoms with Crippen LogP contribution in [0.15, 0.2) is 0 Å². The van der Waals surface area contributed by atoms with E-state index in [2.05, 4.69) is 0 Å². The number of hydrogen-bond acceptors (Lipinski definition) is 3. The highest BCUT2D eigenvalue weighted by atomic mass is 16.5. The molecule has 0 heterocycles. The fourth-order valence-electron chi connectivity index (χ4n) is 1.25. The number of methoxy groups -OCH3 is 1. The van der Waals surface area contributed by atoms with Gasteiger partial charge in [0.05, 0.1) is 0 Å². The van der Waals surface area contributed by atoms with E-state index in [4.69, 9.17) is 9.47 Å². The second kappa shape index (κ2) is 5.35. The third-order valence-corrected chi connectivity index (χ3v) is 1.76. The van der Waals surface area contributed by atoms with Crippen molar-refractivity contribution in [1.82, 2.24) is 0 Å². The Morgan fingerprint density at radius 2 is 1.92 bits per heavy atom. The fourth-order valence-corrected chi connectivity index (χ4v) is 1.25. The molecule has 0 spiro atoms. The van der Waals surface area contributed by atoms with Gasteiger partial charge in [0.15, 0.2) is 5.78 Å². The molecule has 1 unspecified atom stereocenters. The average molecular weight is 188 g/mol. The van der Waals surface area contributed by atoms with Crippen LogP contribution in [-0.4, -0.2) is 32.2 Å². The van der Waals surface area contributed by atoms with Crippen molar-refractivity contribution in [2.75, 3.05) is 20.3 Å². The van der Waals surface area contributed by atoms with Gasteiger partial charge in [-0.2, -0.15) is 0 Å². The van der Waals surface area contributed by atoms with Crippen LogP contribution in [0, 0.1) is 5.41 Å². The number of Topliss-reactive ketones (excluding diaryl/α,β-unsaturated/α-hetero) is 1. The Labute approximate surface area is 80.4 Å². The van der Waals surface area contributed by atoms with E-state index < -0.39 is 0 Å². The van der Waals surface area contributed by atoms with E-state index in [1.54, 1.807) is 7.11 Å². The monoisotopic (exact) mass is 188 g/mol. The molecule has 78 valence electrons. The normalized spacial score (nSPS) is 14.2. The number of carbonyl (C=O) groups excluding carboxylic acids is 1. The topological polar surface area (TPSA) is 35.5 Å². The second-order valence-electron chi connectivity index (χ2n) is 4.09. The van der Waals surface area contributed by atoms with E-state index in [1.807, 2.05) is 27.7 Å². The molecule has 3 nitrogen and oxygen atoms in total. The molecule has 0 aliphatic rings. The lowest BCUT2D eigenvalue weighted by atomic mass is 9.86. The van der Waals surface area contributed by atoms with Crippen LogP contribution >= 0.6 is 0 Å². The summed E-state index contributed by atoms with van der Waals surface area (Å²) in [4.78, 5) is 11.5. The van der Waals surface area contributed by atoms with E-state index in [0.717, 1.165) is 0 Å². The summed E-state index contributed by atoms with van der Waals surface area (Å²) in [5, 5.41) is 0. The van der Waals surface area contributed by atoms with Crippen LogP contribution in [0.4, 0.5) is 0 Å². The van der Waals surface area contributed by atoms with Gasteiger partial charge in [-0.1, -0.05) is 20.8 Å². The molecule has 0 amide bonds. The molecule has 0 N–H and O–H groups in total. The summed E-state index contributed by atoms with van der Waals surface area (Å²) in [7, 11) is 1.56. The summed E-state index contributed by atoms with van der Waals surface area (Å²) in [5.41, 5.74) is -0.164. The Hall–Kier alpha value is -0.410. The molecule has 0 aromatic rings. The molecule has 0 radical (unpaired) electrons. The standard InChI is InChI=1S/C10H20O3/c1-6-13-7-8(11)9(12-5)10(2,3)4/h9H,6-7H2,1-5H3. The van der Waals surface area contributed by atoms with E-state index >= 15 is 0 Å².